The topological polar surface area (TPSA) is 45.8 Å². The molecule has 1 N–H and O–H groups in total. The zero-order valence-corrected chi connectivity index (χ0v) is 12.5. The van der Waals surface area contributed by atoms with E-state index in [4.69, 9.17) is 0 Å². The van der Waals surface area contributed by atoms with E-state index in [2.05, 4.69) is 9.97 Å². The van der Waals surface area contributed by atoms with Crippen LogP contribution in [-0.4, -0.2) is 15.1 Å². The minimum atomic E-state index is -0.00902. The van der Waals surface area contributed by atoms with E-state index >= 15 is 0 Å². The van der Waals surface area contributed by atoms with Gasteiger partial charge in [0.2, 0.25) is 5.12 Å². The molecule has 0 atom stereocenters. The van der Waals surface area contributed by atoms with Gasteiger partial charge in [-0.1, -0.05) is 30.3 Å². The summed E-state index contributed by atoms with van der Waals surface area (Å²) < 4.78 is 1.88. The Hall–Kier alpha value is -2.11. The van der Waals surface area contributed by atoms with Gasteiger partial charge in [0, 0.05) is 10.9 Å². The van der Waals surface area contributed by atoms with Gasteiger partial charge in [0.05, 0.1) is 15.9 Å². The number of nitrogens with zero attached hydrogens (tertiary/aromatic N) is 1. The number of aromatic nitrogens is 2. The Morgan fingerprint density at radius 3 is 2.76 bits per heavy atom. The fraction of sp³-hybridized carbons (Fsp3) is 0. The Bertz CT molecular complexity index is 889. The van der Waals surface area contributed by atoms with Gasteiger partial charge in [-0.2, -0.15) is 0 Å². The highest BCUT2D eigenvalue weighted by atomic mass is 32.2. The molecule has 0 aliphatic rings. The first kappa shape index (κ1) is 12.6. The van der Waals surface area contributed by atoms with Crippen molar-refractivity contribution < 1.29 is 4.79 Å². The van der Waals surface area contributed by atoms with Crippen molar-refractivity contribution in [3.05, 3.63) is 60.3 Å². The Kier molecular flexibility index (Phi) is 3.02. The summed E-state index contributed by atoms with van der Waals surface area (Å²) in [5.74, 6) is 0. The van der Waals surface area contributed by atoms with Crippen LogP contribution in [0.1, 0.15) is 10.5 Å². The van der Waals surface area contributed by atoms with Gasteiger partial charge >= 0.3 is 0 Å². The molecule has 3 nitrogen and oxygen atoms in total. The lowest BCUT2D eigenvalue weighted by molar-refractivity contribution is 0.108. The third kappa shape index (κ3) is 2.34. The number of carbonyl (C=O) groups excluding carboxylic acids is 1. The largest absolute Gasteiger partial charge is 0.351 e. The number of aromatic amines is 1. The molecule has 0 fully saturated rings. The highest BCUT2D eigenvalue weighted by molar-refractivity contribution is 8.15. The number of thioether (sulfide) groups is 1. The standard InChI is InChI=1S/C16H10N2OS2/c19-15(13-9-10-5-1-2-6-11(10)17-13)21-16-18-12-7-3-4-8-14(12)20-16/h1-9,17H. The van der Waals surface area contributed by atoms with Crippen LogP contribution in [0.3, 0.4) is 0 Å². The lowest BCUT2D eigenvalue weighted by Gasteiger charge is -1.92. The van der Waals surface area contributed by atoms with Gasteiger partial charge in [-0.25, -0.2) is 4.98 Å². The summed E-state index contributed by atoms with van der Waals surface area (Å²) in [5, 5.41) is 1.04. The second-order valence-corrected chi connectivity index (χ2v) is 6.86. The molecule has 0 saturated carbocycles. The molecule has 4 aromatic rings. The second kappa shape index (κ2) is 5.02. The van der Waals surface area contributed by atoms with Crippen molar-refractivity contribution in [3.63, 3.8) is 0 Å². The van der Waals surface area contributed by atoms with E-state index in [1.165, 1.54) is 11.8 Å². The molecule has 0 amide bonds. The van der Waals surface area contributed by atoms with Crippen LogP contribution in [0.15, 0.2) is 58.9 Å². The van der Waals surface area contributed by atoms with Gasteiger partial charge in [0.15, 0.2) is 4.34 Å². The Balaban J connectivity index is 1.65. The van der Waals surface area contributed by atoms with Crippen LogP contribution >= 0.6 is 23.1 Å². The first-order valence-electron chi connectivity index (χ1n) is 6.45. The zero-order valence-electron chi connectivity index (χ0n) is 10.9. The van der Waals surface area contributed by atoms with Crippen LogP contribution in [0.2, 0.25) is 0 Å². The average Bonchev–Trinajstić information content (AvgIpc) is 3.10. The van der Waals surface area contributed by atoms with E-state index in [0.717, 1.165) is 25.5 Å². The van der Waals surface area contributed by atoms with Crippen LogP contribution in [-0.2, 0) is 0 Å². The summed E-state index contributed by atoms with van der Waals surface area (Å²) in [6.07, 6.45) is 0. The van der Waals surface area contributed by atoms with Crippen molar-refractivity contribution in [3.8, 4) is 0 Å². The van der Waals surface area contributed by atoms with Crippen molar-refractivity contribution in [1.29, 1.82) is 0 Å². The van der Waals surface area contributed by atoms with Gasteiger partial charge in [-0.05, 0) is 36.0 Å². The average molecular weight is 310 g/mol. The molecule has 2 heterocycles. The number of H-pyrrole nitrogens is 1. The molecule has 2 aromatic heterocycles. The lowest BCUT2D eigenvalue weighted by atomic mass is 10.2. The summed E-state index contributed by atoms with van der Waals surface area (Å²) >= 11 is 2.72. The van der Waals surface area contributed by atoms with Gasteiger partial charge in [-0.15, -0.1) is 11.3 Å². The van der Waals surface area contributed by atoms with Gasteiger partial charge in [0.25, 0.3) is 0 Å². The maximum atomic E-state index is 12.4. The fourth-order valence-electron chi connectivity index (χ4n) is 2.21. The fourth-order valence-corrected chi connectivity index (χ4v) is 4.09. The van der Waals surface area contributed by atoms with Crippen molar-refractivity contribution in [2.75, 3.05) is 0 Å². The molecule has 0 radical (unpaired) electrons. The first-order valence-corrected chi connectivity index (χ1v) is 8.08. The monoisotopic (exact) mass is 310 g/mol. The van der Waals surface area contributed by atoms with E-state index in [1.807, 2.05) is 54.6 Å². The van der Waals surface area contributed by atoms with Crippen LogP contribution < -0.4 is 0 Å². The SMILES string of the molecule is O=C(Sc1nc2ccccc2s1)c1cc2ccccc2[nH]1. The maximum Gasteiger partial charge on any atom is 0.242 e. The molecule has 0 spiro atoms. The van der Waals surface area contributed by atoms with Gasteiger partial charge in [-0.3, -0.25) is 4.79 Å². The minimum Gasteiger partial charge on any atom is -0.351 e. The molecule has 4 rings (SSSR count). The number of nitrogens with one attached hydrogen (secondary N) is 1. The number of fused-ring (bicyclic) bond motifs is 2. The highest BCUT2D eigenvalue weighted by Crippen LogP contribution is 2.31. The van der Waals surface area contributed by atoms with Crippen LogP contribution in [0, 0.1) is 0 Å². The third-order valence-corrected chi connectivity index (χ3v) is 5.21. The normalized spacial score (nSPS) is 11.2. The van der Waals surface area contributed by atoms with E-state index in [-0.39, 0.29) is 5.12 Å². The van der Waals surface area contributed by atoms with Crippen molar-refractivity contribution in [2.45, 2.75) is 4.34 Å². The Labute approximate surface area is 129 Å². The lowest BCUT2D eigenvalue weighted by Crippen LogP contribution is -1.92. The molecule has 5 heteroatoms. The highest BCUT2D eigenvalue weighted by Gasteiger charge is 2.14. The molecule has 0 unspecified atom stereocenters. The molecular weight excluding hydrogens is 300 g/mol. The molecular formula is C16H10N2OS2. The van der Waals surface area contributed by atoms with Gasteiger partial charge in [0.1, 0.15) is 0 Å². The summed E-state index contributed by atoms with van der Waals surface area (Å²) in [7, 11) is 0. The molecule has 0 aliphatic carbocycles. The van der Waals surface area contributed by atoms with Crippen LogP contribution in [0.5, 0.6) is 0 Å². The van der Waals surface area contributed by atoms with E-state index in [9.17, 15) is 4.79 Å². The molecule has 21 heavy (non-hydrogen) atoms. The number of hydrogen-bond acceptors (Lipinski definition) is 4. The molecule has 0 aliphatic heterocycles. The Morgan fingerprint density at radius 2 is 1.90 bits per heavy atom. The van der Waals surface area contributed by atoms with Crippen LogP contribution in [0.25, 0.3) is 21.1 Å². The smallest absolute Gasteiger partial charge is 0.242 e. The summed E-state index contributed by atoms with van der Waals surface area (Å²) in [6.45, 7) is 0. The van der Waals surface area contributed by atoms with Crippen molar-refractivity contribution in [1.82, 2.24) is 9.97 Å². The summed E-state index contributed by atoms with van der Waals surface area (Å²) in [5.41, 5.74) is 2.53. The minimum absolute atomic E-state index is 0.00902. The summed E-state index contributed by atoms with van der Waals surface area (Å²) in [4.78, 5) is 20.0. The predicted molar refractivity (Wildman–Crippen MR) is 88.1 cm³/mol. The van der Waals surface area contributed by atoms with Gasteiger partial charge < -0.3 is 4.98 Å². The quantitative estimate of drug-likeness (QED) is 0.545. The number of para-hydroxylation sites is 2. The number of rotatable bonds is 2. The van der Waals surface area contributed by atoms with E-state index in [0.29, 0.717) is 5.69 Å². The number of hydrogen-bond donors (Lipinski definition) is 1. The first-order chi connectivity index (χ1) is 10.3. The molecule has 0 bridgehead atoms. The van der Waals surface area contributed by atoms with Crippen molar-refractivity contribution in [2.24, 2.45) is 0 Å². The zero-order chi connectivity index (χ0) is 14.2. The molecule has 2 aromatic carbocycles. The number of benzene rings is 2. The van der Waals surface area contributed by atoms with Crippen molar-refractivity contribution >= 4 is 49.3 Å². The maximum absolute atomic E-state index is 12.4. The predicted octanol–water partition coefficient (Wildman–Crippen LogP) is 4.71. The second-order valence-electron chi connectivity index (χ2n) is 4.61. The van der Waals surface area contributed by atoms with Crippen LogP contribution in [0.4, 0.5) is 0 Å². The number of thiazole rings is 1. The number of carbonyl (C=O) groups is 1. The third-order valence-electron chi connectivity index (χ3n) is 3.20. The Morgan fingerprint density at radius 1 is 1.10 bits per heavy atom. The molecule has 102 valence electrons. The van der Waals surface area contributed by atoms with E-state index in [1.54, 1.807) is 11.3 Å². The van der Waals surface area contributed by atoms with E-state index < -0.39 is 0 Å². The summed E-state index contributed by atoms with van der Waals surface area (Å²) in [6, 6.07) is 17.7. The molecule has 0 saturated heterocycles.